The van der Waals surface area contributed by atoms with Crippen LogP contribution >= 0.6 is 15.9 Å². The first-order valence-electron chi connectivity index (χ1n) is 4.65. The lowest BCUT2D eigenvalue weighted by atomic mass is 10.2. The predicted molar refractivity (Wildman–Crippen MR) is 63.0 cm³/mol. The first-order valence-corrected chi connectivity index (χ1v) is 5.77. The maximum absolute atomic E-state index is 11.4. The Morgan fingerprint density at radius 2 is 2.06 bits per heavy atom. The van der Waals surface area contributed by atoms with Gasteiger partial charge in [-0.2, -0.15) is 0 Å². The molecule has 0 aliphatic rings. The molecule has 5 heteroatoms. The van der Waals surface area contributed by atoms with Crippen LogP contribution < -0.4 is 4.74 Å². The fraction of sp³-hybridized carbons (Fsp3) is 0.364. The van der Waals surface area contributed by atoms with E-state index in [1.54, 1.807) is 24.3 Å². The van der Waals surface area contributed by atoms with Gasteiger partial charge in [0.1, 0.15) is 11.3 Å². The fourth-order valence-corrected chi connectivity index (χ4v) is 1.53. The van der Waals surface area contributed by atoms with Gasteiger partial charge in [0.15, 0.2) is 0 Å². The van der Waals surface area contributed by atoms with Crippen LogP contribution in [0, 0.1) is 0 Å². The number of hydrogen-bond acceptors (Lipinski definition) is 4. The summed E-state index contributed by atoms with van der Waals surface area (Å²) in [7, 11) is 2.87. The van der Waals surface area contributed by atoms with Crippen LogP contribution in [0.15, 0.2) is 24.3 Å². The van der Waals surface area contributed by atoms with E-state index in [0.29, 0.717) is 16.6 Å². The minimum atomic E-state index is -0.439. The zero-order valence-electron chi connectivity index (χ0n) is 9.10. The van der Waals surface area contributed by atoms with Crippen LogP contribution in [-0.2, 0) is 9.47 Å². The summed E-state index contributed by atoms with van der Waals surface area (Å²) in [5.41, 5.74) is 0.382. The Kier molecular flexibility index (Phi) is 5.28. The molecule has 0 fully saturated rings. The molecule has 0 amide bonds. The molecule has 1 rings (SSSR count). The zero-order chi connectivity index (χ0) is 12.0. The molecule has 88 valence electrons. The van der Waals surface area contributed by atoms with Gasteiger partial charge in [0, 0.05) is 7.11 Å². The summed E-state index contributed by atoms with van der Waals surface area (Å²) >= 11 is 3.25. The lowest BCUT2D eigenvalue weighted by Gasteiger charge is -2.16. The number of esters is 1. The third kappa shape index (κ3) is 3.21. The molecular weight excluding hydrogens is 276 g/mol. The highest BCUT2D eigenvalue weighted by Gasteiger charge is 2.15. The minimum Gasteiger partial charge on any atom is -0.465 e. The molecule has 1 aromatic rings. The molecule has 0 heterocycles. The van der Waals surface area contributed by atoms with Crippen molar-refractivity contribution in [2.75, 3.05) is 19.5 Å². The number of halogens is 1. The molecule has 0 saturated carbocycles. The van der Waals surface area contributed by atoms with Crippen LogP contribution in [0.25, 0.3) is 0 Å². The van der Waals surface area contributed by atoms with E-state index < -0.39 is 12.3 Å². The van der Waals surface area contributed by atoms with E-state index >= 15 is 0 Å². The summed E-state index contributed by atoms with van der Waals surface area (Å²) in [6.07, 6.45) is -0.439. The molecule has 1 unspecified atom stereocenters. The quantitative estimate of drug-likeness (QED) is 0.473. The van der Waals surface area contributed by atoms with E-state index in [1.807, 2.05) is 0 Å². The van der Waals surface area contributed by atoms with Crippen molar-refractivity contribution in [1.82, 2.24) is 0 Å². The first-order chi connectivity index (χ1) is 7.72. The molecule has 0 aliphatic carbocycles. The van der Waals surface area contributed by atoms with Gasteiger partial charge >= 0.3 is 5.97 Å². The lowest BCUT2D eigenvalue weighted by Crippen LogP contribution is -2.21. The summed E-state index contributed by atoms with van der Waals surface area (Å²) in [6.45, 7) is 0. The number of benzene rings is 1. The largest absolute Gasteiger partial charge is 0.465 e. The SMILES string of the molecule is COC(=O)c1ccccc1OC(CBr)OC. The molecule has 16 heavy (non-hydrogen) atoms. The van der Waals surface area contributed by atoms with Gasteiger partial charge < -0.3 is 14.2 Å². The highest BCUT2D eigenvalue weighted by atomic mass is 79.9. The molecule has 1 aromatic carbocycles. The first kappa shape index (κ1) is 13.0. The minimum absolute atomic E-state index is 0.382. The third-order valence-electron chi connectivity index (χ3n) is 1.94. The summed E-state index contributed by atoms with van der Waals surface area (Å²) in [4.78, 5) is 11.4. The number of alkyl halides is 1. The van der Waals surface area contributed by atoms with Crippen LogP contribution in [-0.4, -0.2) is 31.8 Å². The van der Waals surface area contributed by atoms with Crippen LogP contribution in [0.3, 0.4) is 0 Å². The Labute approximate surface area is 103 Å². The molecular formula is C11H13BrO4. The molecule has 0 bridgehead atoms. The van der Waals surface area contributed by atoms with E-state index in [0.717, 1.165) is 0 Å². The average Bonchev–Trinajstić information content (AvgIpc) is 2.35. The molecule has 0 spiro atoms. The second-order valence-electron chi connectivity index (χ2n) is 2.93. The summed E-state index contributed by atoms with van der Waals surface area (Å²) in [5, 5.41) is 0.513. The van der Waals surface area contributed by atoms with Gasteiger partial charge in [0.05, 0.1) is 12.4 Å². The summed E-state index contributed by atoms with van der Waals surface area (Å²) < 4.78 is 15.2. The third-order valence-corrected chi connectivity index (χ3v) is 2.47. The van der Waals surface area contributed by atoms with Crippen LogP contribution in [0.5, 0.6) is 5.75 Å². The Hall–Kier alpha value is -1.07. The van der Waals surface area contributed by atoms with Crippen molar-refractivity contribution in [3.05, 3.63) is 29.8 Å². The molecule has 4 nitrogen and oxygen atoms in total. The molecule has 0 N–H and O–H groups in total. The zero-order valence-corrected chi connectivity index (χ0v) is 10.7. The van der Waals surface area contributed by atoms with Crippen LogP contribution in [0.4, 0.5) is 0 Å². The van der Waals surface area contributed by atoms with Crippen LogP contribution in [0.2, 0.25) is 0 Å². The highest BCUT2D eigenvalue weighted by molar-refractivity contribution is 9.09. The number of methoxy groups -OCH3 is 2. The number of carbonyl (C=O) groups is 1. The van der Waals surface area contributed by atoms with Crippen molar-refractivity contribution in [3.63, 3.8) is 0 Å². The Bertz CT molecular complexity index is 350. The van der Waals surface area contributed by atoms with E-state index in [4.69, 9.17) is 9.47 Å². The molecule has 1 atom stereocenters. The van der Waals surface area contributed by atoms with Crippen molar-refractivity contribution in [3.8, 4) is 5.75 Å². The van der Waals surface area contributed by atoms with Crippen LogP contribution in [0.1, 0.15) is 10.4 Å². The maximum atomic E-state index is 11.4. The second-order valence-corrected chi connectivity index (χ2v) is 3.57. The number of hydrogen-bond donors (Lipinski definition) is 0. The van der Waals surface area contributed by atoms with Gasteiger partial charge in [-0.25, -0.2) is 4.79 Å². The summed E-state index contributed by atoms with van der Waals surface area (Å²) in [6, 6.07) is 6.86. The van der Waals surface area contributed by atoms with Crippen molar-refractivity contribution in [2.45, 2.75) is 6.29 Å². The standard InChI is InChI=1S/C11H13BrO4/c1-14-10(7-12)16-9-6-4-3-5-8(9)11(13)15-2/h3-6,10H,7H2,1-2H3. The number of ether oxygens (including phenoxy) is 3. The molecule has 0 aromatic heterocycles. The second kappa shape index (κ2) is 6.50. The van der Waals surface area contributed by atoms with Gasteiger partial charge in [-0.05, 0) is 12.1 Å². The number of rotatable bonds is 5. The Balaban J connectivity index is 2.90. The molecule has 0 saturated heterocycles. The lowest BCUT2D eigenvalue weighted by molar-refractivity contribution is -0.0342. The average molecular weight is 289 g/mol. The Morgan fingerprint density at radius 3 is 2.62 bits per heavy atom. The van der Waals surface area contributed by atoms with Gasteiger partial charge in [0.2, 0.25) is 6.29 Å². The van der Waals surface area contributed by atoms with Crippen molar-refractivity contribution in [2.24, 2.45) is 0 Å². The molecule has 0 aliphatic heterocycles. The normalized spacial score (nSPS) is 11.9. The molecule has 0 radical (unpaired) electrons. The number of para-hydroxylation sites is 1. The van der Waals surface area contributed by atoms with Gasteiger partial charge in [-0.15, -0.1) is 0 Å². The van der Waals surface area contributed by atoms with Gasteiger partial charge in [0.25, 0.3) is 0 Å². The fourth-order valence-electron chi connectivity index (χ4n) is 1.13. The number of carbonyl (C=O) groups excluding carboxylic acids is 1. The topological polar surface area (TPSA) is 44.8 Å². The van der Waals surface area contributed by atoms with Gasteiger partial charge in [-0.1, -0.05) is 28.1 Å². The summed E-state index contributed by atoms with van der Waals surface area (Å²) in [5.74, 6) is 0.0145. The predicted octanol–water partition coefficient (Wildman–Crippen LogP) is 2.22. The van der Waals surface area contributed by atoms with E-state index in [1.165, 1.54) is 14.2 Å². The smallest absolute Gasteiger partial charge is 0.341 e. The van der Waals surface area contributed by atoms with E-state index in [-0.39, 0.29) is 0 Å². The maximum Gasteiger partial charge on any atom is 0.341 e. The Morgan fingerprint density at radius 1 is 1.38 bits per heavy atom. The van der Waals surface area contributed by atoms with Crippen molar-refractivity contribution < 1.29 is 19.0 Å². The van der Waals surface area contributed by atoms with E-state index in [9.17, 15) is 4.79 Å². The highest BCUT2D eigenvalue weighted by Crippen LogP contribution is 2.20. The monoisotopic (exact) mass is 288 g/mol. The van der Waals surface area contributed by atoms with Gasteiger partial charge in [-0.3, -0.25) is 0 Å². The van der Waals surface area contributed by atoms with E-state index in [2.05, 4.69) is 20.7 Å². The van der Waals surface area contributed by atoms with Crippen molar-refractivity contribution >= 4 is 21.9 Å². The van der Waals surface area contributed by atoms with Crippen molar-refractivity contribution in [1.29, 1.82) is 0 Å².